The summed E-state index contributed by atoms with van der Waals surface area (Å²) in [5.41, 5.74) is 2.66. The summed E-state index contributed by atoms with van der Waals surface area (Å²) in [6.07, 6.45) is 0.916. The van der Waals surface area contributed by atoms with E-state index in [1.807, 2.05) is 0 Å². The van der Waals surface area contributed by atoms with Gasteiger partial charge in [-0.05, 0) is 28.8 Å². The summed E-state index contributed by atoms with van der Waals surface area (Å²) in [5, 5.41) is 4.25. The zero-order chi connectivity index (χ0) is 7.40. The highest BCUT2D eigenvalue weighted by molar-refractivity contribution is 7.08. The monoisotopic (exact) mass is 151 g/mol. The van der Waals surface area contributed by atoms with Gasteiger partial charge in [0.2, 0.25) is 6.54 Å². The van der Waals surface area contributed by atoms with Crippen LogP contribution >= 0.6 is 11.3 Å². The summed E-state index contributed by atoms with van der Waals surface area (Å²) >= 11 is 1.71. The Labute approximate surface area is 65.1 Å². The molecule has 52 valence electrons. The number of hydrogen-bond acceptors (Lipinski definition) is 1. The third kappa shape index (κ3) is 1.58. The third-order valence-electron chi connectivity index (χ3n) is 1.45. The molecule has 0 fully saturated rings. The van der Waals surface area contributed by atoms with Gasteiger partial charge in [0.15, 0.2) is 0 Å². The van der Waals surface area contributed by atoms with Crippen molar-refractivity contribution in [1.29, 1.82) is 0 Å². The predicted molar refractivity (Wildman–Crippen MR) is 44.2 cm³/mol. The van der Waals surface area contributed by atoms with Gasteiger partial charge in [-0.3, -0.25) is 0 Å². The molecule has 0 aliphatic carbocycles. The lowest BCUT2D eigenvalue weighted by molar-refractivity contribution is 1.07. The van der Waals surface area contributed by atoms with E-state index >= 15 is 0 Å². The zero-order valence-electron chi connectivity index (χ0n) is 5.92. The first-order chi connectivity index (χ1) is 4.84. The molecule has 0 unspecified atom stereocenters. The molecule has 1 aromatic heterocycles. The molecule has 0 aliphatic heterocycles. The second-order valence-electron chi connectivity index (χ2n) is 2.21. The van der Waals surface area contributed by atoms with Crippen molar-refractivity contribution in [2.45, 2.75) is 13.3 Å². The van der Waals surface area contributed by atoms with Gasteiger partial charge in [-0.25, -0.2) is 6.57 Å². The molecule has 0 aliphatic rings. The molecule has 0 spiro atoms. The first kappa shape index (κ1) is 7.30. The van der Waals surface area contributed by atoms with Crippen LogP contribution in [0.4, 0.5) is 0 Å². The van der Waals surface area contributed by atoms with E-state index in [1.165, 1.54) is 11.1 Å². The van der Waals surface area contributed by atoms with Crippen LogP contribution in [0.2, 0.25) is 0 Å². The summed E-state index contributed by atoms with van der Waals surface area (Å²) in [7, 11) is 0. The topological polar surface area (TPSA) is 4.36 Å². The van der Waals surface area contributed by atoms with E-state index in [0.717, 1.165) is 6.42 Å². The molecule has 1 rings (SSSR count). The van der Waals surface area contributed by atoms with Gasteiger partial charge in [-0.1, -0.05) is 0 Å². The van der Waals surface area contributed by atoms with Crippen molar-refractivity contribution in [3.8, 4) is 0 Å². The third-order valence-corrected chi connectivity index (χ3v) is 2.36. The van der Waals surface area contributed by atoms with Crippen LogP contribution in [0.1, 0.15) is 11.1 Å². The molecule has 1 nitrogen and oxygen atoms in total. The molecule has 0 saturated heterocycles. The molecular weight excluding hydrogens is 142 g/mol. The lowest BCUT2D eigenvalue weighted by Gasteiger charge is -1.89. The molecule has 2 heteroatoms. The second kappa shape index (κ2) is 3.38. The fourth-order valence-corrected chi connectivity index (χ4v) is 1.71. The van der Waals surface area contributed by atoms with Crippen molar-refractivity contribution in [3.05, 3.63) is 33.3 Å². The van der Waals surface area contributed by atoms with Crippen molar-refractivity contribution in [1.82, 2.24) is 0 Å². The quantitative estimate of drug-likeness (QED) is 0.572. The number of aryl methyl sites for hydroxylation is 1. The first-order valence-corrected chi connectivity index (χ1v) is 4.13. The predicted octanol–water partition coefficient (Wildman–Crippen LogP) is 2.52. The minimum atomic E-state index is 0.623. The molecule has 1 aromatic rings. The van der Waals surface area contributed by atoms with Crippen LogP contribution in [-0.2, 0) is 6.42 Å². The van der Waals surface area contributed by atoms with Gasteiger partial charge in [-0.2, -0.15) is 11.3 Å². The standard InChI is InChI=1S/C8H9NS/c1-7-5-10-6-8(7)3-4-9-2/h5-6H,3-4H2,1H3. The molecule has 0 saturated carbocycles. The molecule has 0 bridgehead atoms. The van der Waals surface area contributed by atoms with Gasteiger partial charge in [-0.15, -0.1) is 0 Å². The van der Waals surface area contributed by atoms with Crippen LogP contribution in [0, 0.1) is 13.5 Å². The second-order valence-corrected chi connectivity index (χ2v) is 2.96. The lowest BCUT2D eigenvalue weighted by Crippen LogP contribution is -1.85. The normalized spacial score (nSPS) is 9.20. The first-order valence-electron chi connectivity index (χ1n) is 3.19. The van der Waals surface area contributed by atoms with Gasteiger partial charge >= 0.3 is 0 Å². The zero-order valence-corrected chi connectivity index (χ0v) is 6.74. The van der Waals surface area contributed by atoms with Crippen molar-refractivity contribution in [2.24, 2.45) is 0 Å². The van der Waals surface area contributed by atoms with E-state index in [1.54, 1.807) is 11.3 Å². The Bertz CT molecular complexity index is 244. The van der Waals surface area contributed by atoms with Crippen LogP contribution in [0.25, 0.3) is 4.85 Å². The molecule has 0 atom stereocenters. The average Bonchev–Trinajstić information content (AvgIpc) is 2.31. The maximum atomic E-state index is 6.60. The van der Waals surface area contributed by atoms with Crippen LogP contribution in [0.3, 0.4) is 0 Å². The van der Waals surface area contributed by atoms with Gasteiger partial charge in [0.05, 0.1) is 0 Å². The highest BCUT2D eigenvalue weighted by atomic mass is 32.1. The van der Waals surface area contributed by atoms with Crippen LogP contribution < -0.4 is 0 Å². The van der Waals surface area contributed by atoms with E-state index in [4.69, 9.17) is 6.57 Å². The number of nitrogens with zero attached hydrogens (tertiary/aromatic N) is 1. The Kier molecular flexibility index (Phi) is 2.47. The van der Waals surface area contributed by atoms with Crippen LogP contribution in [0.15, 0.2) is 10.8 Å². The molecule has 10 heavy (non-hydrogen) atoms. The molecule has 0 amide bonds. The van der Waals surface area contributed by atoms with Gasteiger partial charge in [0.1, 0.15) is 0 Å². The van der Waals surface area contributed by atoms with E-state index < -0.39 is 0 Å². The summed E-state index contributed by atoms with van der Waals surface area (Å²) in [4.78, 5) is 3.31. The van der Waals surface area contributed by atoms with E-state index in [-0.39, 0.29) is 0 Å². The van der Waals surface area contributed by atoms with Crippen LogP contribution in [0.5, 0.6) is 0 Å². The van der Waals surface area contributed by atoms with Gasteiger partial charge < -0.3 is 4.85 Å². The van der Waals surface area contributed by atoms with E-state index in [2.05, 4.69) is 22.5 Å². The molecule has 0 radical (unpaired) electrons. The molecule has 0 N–H and O–H groups in total. The minimum Gasteiger partial charge on any atom is -0.317 e. The van der Waals surface area contributed by atoms with Crippen molar-refractivity contribution >= 4 is 11.3 Å². The van der Waals surface area contributed by atoms with Crippen molar-refractivity contribution < 1.29 is 0 Å². The summed E-state index contributed by atoms with van der Waals surface area (Å²) in [6, 6.07) is 0. The largest absolute Gasteiger partial charge is 0.317 e. The van der Waals surface area contributed by atoms with Crippen molar-refractivity contribution in [3.63, 3.8) is 0 Å². The number of rotatable bonds is 2. The minimum absolute atomic E-state index is 0.623. The Hall–Kier alpha value is -0.810. The molecule has 1 heterocycles. The fraction of sp³-hybridized carbons (Fsp3) is 0.375. The average molecular weight is 151 g/mol. The Balaban J connectivity index is 2.59. The maximum absolute atomic E-state index is 6.60. The highest BCUT2D eigenvalue weighted by Gasteiger charge is 1.98. The maximum Gasteiger partial charge on any atom is 0.218 e. The highest BCUT2D eigenvalue weighted by Crippen LogP contribution is 2.13. The SMILES string of the molecule is [C-]#[N+]CCc1cscc1C. The Morgan fingerprint density at radius 1 is 1.60 bits per heavy atom. The van der Waals surface area contributed by atoms with Crippen molar-refractivity contribution in [2.75, 3.05) is 6.54 Å². The van der Waals surface area contributed by atoms with Gasteiger partial charge in [0, 0.05) is 6.42 Å². The summed E-state index contributed by atoms with van der Waals surface area (Å²) in [5.74, 6) is 0. The lowest BCUT2D eigenvalue weighted by atomic mass is 10.2. The molecule has 0 aromatic carbocycles. The summed E-state index contributed by atoms with van der Waals surface area (Å²) < 4.78 is 0. The van der Waals surface area contributed by atoms with E-state index in [9.17, 15) is 0 Å². The Morgan fingerprint density at radius 3 is 2.90 bits per heavy atom. The van der Waals surface area contributed by atoms with Crippen LogP contribution in [-0.4, -0.2) is 6.54 Å². The number of hydrogen-bond donors (Lipinski definition) is 0. The smallest absolute Gasteiger partial charge is 0.218 e. The van der Waals surface area contributed by atoms with E-state index in [0.29, 0.717) is 6.54 Å². The Morgan fingerprint density at radius 2 is 2.40 bits per heavy atom. The fourth-order valence-electron chi connectivity index (χ4n) is 0.819. The van der Waals surface area contributed by atoms with Gasteiger partial charge in [0.25, 0.3) is 0 Å². The number of thiophene rings is 1. The molecular formula is C8H9NS. The summed E-state index contributed by atoms with van der Waals surface area (Å²) in [6.45, 7) is 9.32.